The number of carbonyl (C=O) groups excluding carboxylic acids is 1. The van der Waals surface area contributed by atoms with E-state index in [-0.39, 0.29) is 17.1 Å². The Kier molecular flexibility index (Phi) is 7.99. The Morgan fingerprint density at radius 1 is 1.03 bits per heavy atom. The van der Waals surface area contributed by atoms with Crippen LogP contribution in [0.2, 0.25) is 5.02 Å². The SMILES string of the molecule is O=C(CN(c1ccc(Cl)c(C(F)(F)F)c1)S(=O)(=O)c1ccccc1)NCCCN1CCc2ccccc21. The van der Waals surface area contributed by atoms with Gasteiger partial charge in [0.2, 0.25) is 5.91 Å². The van der Waals surface area contributed by atoms with Crippen LogP contribution in [0.3, 0.4) is 0 Å². The molecule has 0 fully saturated rings. The number of fused-ring (bicyclic) bond motifs is 1. The van der Waals surface area contributed by atoms with E-state index < -0.39 is 39.2 Å². The second kappa shape index (κ2) is 11.0. The van der Waals surface area contributed by atoms with Gasteiger partial charge in [0.25, 0.3) is 10.0 Å². The maximum atomic E-state index is 13.5. The van der Waals surface area contributed by atoms with Gasteiger partial charge in [0.1, 0.15) is 6.54 Å². The van der Waals surface area contributed by atoms with E-state index in [9.17, 15) is 26.4 Å². The van der Waals surface area contributed by atoms with Crippen molar-refractivity contribution in [2.45, 2.75) is 23.9 Å². The molecule has 0 radical (unpaired) electrons. The molecule has 0 bridgehead atoms. The van der Waals surface area contributed by atoms with Gasteiger partial charge in [-0.2, -0.15) is 13.2 Å². The van der Waals surface area contributed by atoms with Gasteiger partial charge in [0, 0.05) is 25.3 Å². The largest absolute Gasteiger partial charge is 0.417 e. The van der Waals surface area contributed by atoms with E-state index >= 15 is 0 Å². The Morgan fingerprint density at radius 3 is 2.46 bits per heavy atom. The number of rotatable bonds is 9. The van der Waals surface area contributed by atoms with Crippen molar-refractivity contribution in [2.24, 2.45) is 0 Å². The molecule has 0 unspecified atom stereocenters. The number of nitrogens with one attached hydrogen (secondary N) is 1. The number of para-hydroxylation sites is 1. The molecule has 37 heavy (non-hydrogen) atoms. The van der Waals surface area contributed by atoms with Crippen LogP contribution in [0.4, 0.5) is 24.5 Å². The number of sulfonamides is 1. The number of alkyl halides is 3. The summed E-state index contributed by atoms with van der Waals surface area (Å²) in [5, 5.41) is 2.12. The molecule has 1 aliphatic rings. The second-order valence-electron chi connectivity index (χ2n) is 8.56. The fraction of sp³-hybridized carbons (Fsp3) is 0.269. The summed E-state index contributed by atoms with van der Waals surface area (Å²) in [5.41, 5.74) is 0.933. The van der Waals surface area contributed by atoms with Crippen LogP contribution in [-0.4, -0.2) is 40.5 Å². The number of benzene rings is 3. The normalized spacial score (nSPS) is 13.4. The van der Waals surface area contributed by atoms with Gasteiger partial charge >= 0.3 is 6.18 Å². The van der Waals surface area contributed by atoms with Crippen molar-refractivity contribution in [3.8, 4) is 0 Å². The van der Waals surface area contributed by atoms with Gasteiger partial charge in [-0.25, -0.2) is 8.42 Å². The molecule has 0 atom stereocenters. The molecule has 0 saturated carbocycles. The standard InChI is InChI=1S/C26H25ClF3N3O3S/c27-23-12-11-20(17-22(23)26(28,29)30)33(37(35,36)21-8-2-1-3-9-21)18-25(34)31-14-6-15-32-16-13-19-7-4-5-10-24(19)32/h1-5,7-12,17H,6,13-16,18H2,(H,31,34). The zero-order valence-electron chi connectivity index (χ0n) is 19.7. The molecule has 6 nitrogen and oxygen atoms in total. The molecular formula is C26H25ClF3N3O3S. The average Bonchev–Trinajstić information content (AvgIpc) is 3.28. The zero-order chi connectivity index (χ0) is 26.6. The highest BCUT2D eigenvalue weighted by Gasteiger charge is 2.35. The van der Waals surface area contributed by atoms with Crippen molar-refractivity contribution >= 4 is 38.9 Å². The van der Waals surface area contributed by atoms with E-state index in [1.54, 1.807) is 6.07 Å². The molecule has 0 aromatic heterocycles. The van der Waals surface area contributed by atoms with Crippen LogP contribution in [0.5, 0.6) is 0 Å². The third-order valence-electron chi connectivity index (χ3n) is 6.07. The first kappa shape index (κ1) is 26.8. The number of anilines is 2. The van der Waals surface area contributed by atoms with Crippen molar-refractivity contribution in [3.05, 3.63) is 88.9 Å². The fourth-order valence-corrected chi connectivity index (χ4v) is 5.90. The predicted octanol–water partition coefficient (Wildman–Crippen LogP) is 5.12. The molecule has 0 saturated heterocycles. The number of halogens is 4. The summed E-state index contributed by atoms with van der Waals surface area (Å²) in [6, 6.07) is 18.1. The van der Waals surface area contributed by atoms with Crippen LogP contribution >= 0.6 is 11.6 Å². The van der Waals surface area contributed by atoms with Crippen molar-refractivity contribution < 1.29 is 26.4 Å². The van der Waals surface area contributed by atoms with Gasteiger partial charge in [-0.15, -0.1) is 0 Å². The second-order valence-corrected chi connectivity index (χ2v) is 10.8. The molecule has 1 amide bonds. The number of hydrogen-bond acceptors (Lipinski definition) is 4. The van der Waals surface area contributed by atoms with Crippen LogP contribution in [0, 0.1) is 0 Å². The first-order valence-corrected chi connectivity index (χ1v) is 13.4. The Balaban J connectivity index is 1.48. The zero-order valence-corrected chi connectivity index (χ0v) is 21.3. The van der Waals surface area contributed by atoms with Gasteiger partial charge in [0.05, 0.1) is 21.2 Å². The molecule has 4 rings (SSSR count). The van der Waals surface area contributed by atoms with E-state index in [1.807, 2.05) is 12.1 Å². The number of carbonyl (C=O) groups is 1. The van der Waals surface area contributed by atoms with E-state index in [1.165, 1.54) is 29.8 Å². The smallest absolute Gasteiger partial charge is 0.371 e. The number of nitrogens with zero attached hydrogens (tertiary/aromatic N) is 2. The van der Waals surface area contributed by atoms with Crippen molar-refractivity contribution in [2.75, 3.05) is 35.4 Å². The van der Waals surface area contributed by atoms with Gasteiger partial charge in [-0.1, -0.05) is 48.0 Å². The fourth-order valence-electron chi connectivity index (χ4n) is 4.24. The Bertz CT molecular complexity index is 1370. The molecule has 1 heterocycles. The van der Waals surface area contributed by atoms with Crippen LogP contribution in [-0.2, 0) is 27.4 Å². The van der Waals surface area contributed by atoms with Crippen LogP contribution in [0.25, 0.3) is 0 Å². The van der Waals surface area contributed by atoms with Gasteiger partial charge in [0.15, 0.2) is 0 Å². The molecule has 0 spiro atoms. The first-order valence-electron chi connectivity index (χ1n) is 11.6. The highest BCUT2D eigenvalue weighted by molar-refractivity contribution is 7.92. The maximum Gasteiger partial charge on any atom is 0.417 e. The number of hydrogen-bond donors (Lipinski definition) is 1. The van der Waals surface area contributed by atoms with E-state index in [2.05, 4.69) is 22.3 Å². The maximum absolute atomic E-state index is 13.5. The molecule has 3 aromatic rings. The Morgan fingerprint density at radius 2 is 1.73 bits per heavy atom. The molecule has 3 aromatic carbocycles. The summed E-state index contributed by atoms with van der Waals surface area (Å²) in [6.07, 6.45) is -3.23. The summed E-state index contributed by atoms with van der Waals surface area (Å²) in [5.74, 6) is -0.634. The lowest BCUT2D eigenvalue weighted by Gasteiger charge is -2.25. The monoisotopic (exact) mass is 551 g/mol. The first-order chi connectivity index (χ1) is 17.6. The third-order valence-corrected chi connectivity index (χ3v) is 8.19. The minimum atomic E-state index is -4.80. The van der Waals surface area contributed by atoms with Crippen molar-refractivity contribution in [1.82, 2.24) is 5.32 Å². The molecule has 1 N–H and O–H groups in total. The molecule has 0 aliphatic carbocycles. The quantitative estimate of drug-likeness (QED) is 0.375. The van der Waals surface area contributed by atoms with Gasteiger partial charge < -0.3 is 10.2 Å². The van der Waals surface area contributed by atoms with Gasteiger partial charge in [-0.3, -0.25) is 9.10 Å². The summed E-state index contributed by atoms with van der Waals surface area (Å²) < 4.78 is 67.8. The van der Waals surface area contributed by atoms with Crippen LogP contribution in [0.15, 0.2) is 77.7 Å². The minimum absolute atomic E-state index is 0.154. The molecule has 1 aliphatic heterocycles. The lowest BCUT2D eigenvalue weighted by atomic mass is 10.2. The highest BCUT2D eigenvalue weighted by atomic mass is 35.5. The summed E-state index contributed by atoms with van der Waals surface area (Å²) in [7, 11) is -4.35. The average molecular weight is 552 g/mol. The summed E-state index contributed by atoms with van der Waals surface area (Å²) in [4.78, 5) is 14.8. The molecular weight excluding hydrogens is 527 g/mol. The van der Waals surface area contributed by atoms with E-state index in [4.69, 9.17) is 11.6 Å². The Labute approximate surface area is 218 Å². The van der Waals surface area contributed by atoms with Crippen molar-refractivity contribution in [1.29, 1.82) is 0 Å². The van der Waals surface area contributed by atoms with Crippen molar-refractivity contribution in [3.63, 3.8) is 0 Å². The van der Waals surface area contributed by atoms with Crippen LogP contribution < -0.4 is 14.5 Å². The number of amides is 1. The topological polar surface area (TPSA) is 69.7 Å². The highest BCUT2D eigenvalue weighted by Crippen LogP contribution is 2.38. The van der Waals surface area contributed by atoms with E-state index in [0.717, 1.165) is 30.8 Å². The summed E-state index contributed by atoms with van der Waals surface area (Å²) in [6.45, 7) is 1.18. The summed E-state index contributed by atoms with van der Waals surface area (Å²) >= 11 is 5.72. The van der Waals surface area contributed by atoms with E-state index in [0.29, 0.717) is 23.3 Å². The lowest BCUT2D eigenvalue weighted by Crippen LogP contribution is -2.41. The van der Waals surface area contributed by atoms with Gasteiger partial charge in [-0.05, 0) is 54.8 Å². The third kappa shape index (κ3) is 6.19. The minimum Gasteiger partial charge on any atom is -0.371 e. The molecule has 11 heteroatoms. The Hall–Kier alpha value is -3.24. The lowest BCUT2D eigenvalue weighted by molar-refractivity contribution is -0.137. The van der Waals surface area contributed by atoms with Crippen LogP contribution in [0.1, 0.15) is 17.5 Å². The molecule has 196 valence electrons. The predicted molar refractivity (Wildman–Crippen MR) is 137 cm³/mol.